The molecule has 4 rings (SSSR count). The second-order valence-electron chi connectivity index (χ2n) is 5.21. The summed E-state index contributed by atoms with van der Waals surface area (Å²) in [7, 11) is 1.57. The van der Waals surface area contributed by atoms with Gasteiger partial charge in [0.05, 0.1) is 24.6 Å². The summed E-state index contributed by atoms with van der Waals surface area (Å²) in [6, 6.07) is 8.93. The van der Waals surface area contributed by atoms with Crippen LogP contribution in [0.15, 0.2) is 35.1 Å². The summed E-state index contributed by atoms with van der Waals surface area (Å²) in [6.45, 7) is 0.610. The molecule has 0 amide bonds. The van der Waals surface area contributed by atoms with E-state index in [9.17, 15) is 4.79 Å². The van der Waals surface area contributed by atoms with Gasteiger partial charge in [-0.1, -0.05) is 11.6 Å². The molecule has 118 valence electrons. The Balaban J connectivity index is 1.78. The molecule has 3 aromatic rings. The van der Waals surface area contributed by atoms with E-state index in [0.29, 0.717) is 34.2 Å². The molecule has 6 nitrogen and oxygen atoms in total. The van der Waals surface area contributed by atoms with Crippen molar-refractivity contribution in [3.8, 4) is 17.2 Å². The number of aromatic amines is 1. The first-order valence-electron chi connectivity index (χ1n) is 7.00. The van der Waals surface area contributed by atoms with Crippen LogP contribution in [0.2, 0.25) is 5.02 Å². The van der Waals surface area contributed by atoms with Crippen molar-refractivity contribution in [3.05, 3.63) is 51.3 Å². The molecule has 0 atom stereocenters. The Hall–Kier alpha value is -2.60. The first-order valence-corrected chi connectivity index (χ1v) is 7.38. The normalized spacial score (nSPS) is 12.8. The minimum atomic E-state index is -0.171. The van der Waals surface area contributed by atoms with E-state index in [2.05, 4.69) is 5.10 Å². The molecule has 0 fully saturated rings. The fourth-order valence-electron chi connectivity index (χ4n) is 2.68. The summed E-state index contributed by atoms with van der Waals surface area (Å²) in [5.41, 5.74) is 1.44. The maximum Gasteiger partial charge on any atom is 0.272 e. The number of fused-ring (bicyclic) bond motifs is 2. The van der Waals surface area contributed by atoms with E-state index in [0.717, 1.165) is 11.1 Å². The van der Waals surface area contributed by atoms with E-state index in [1.807, 2.05) is 18.2 Å². The number of H-pyrrole nitrogens is 1. The molecule has 0 spiro atoms. The predicted molar refractivity (Wildman–Crippen MR) is 85.8 cm³/mol. The summed E-state index contributed by atoms with van der Waals surface area (Å²) >= 11 is 6.30. The first kappa shape index (κ1) is 14.0. The Labute approximate surface area is 136 Å². The Morgan fingerprint density at radius 2 is 2.04 bits per heavy atom. The van der Waals surface area contributed by atoms with Gasteiger partial charge in [-0.25, -0.2) is 0 Å². The molecule has 1 N–H and O–H groups in total. The monoisotopic (exact) mass is 332 g/mol. The van der Waals surface area contributed by atoms with Crippen LogP contribution < -0.4 is 19.8 Å². The number of nitrogens with one attached hydrogen (secondary N) is 1. The molecule has 0 radical (unpaired) electrons. The van der Waals surface area contributed by atoms with Gasteiger partial charge in [-0.05, 0) is 29.8 Å². The van der Waals surface area contributed by atoms with Crippen molar-refractivity contribution in [2.24, 2.45) is 0 Å². The first-order chi connectivity index (χ1) is 11.2. The standard InChI is InChI=1S/C16H13ClN2O4/c1-21-10-2-3-13-11(5-10)16(20)18-19(13)7-9-4-14-15(6-12(9)17)23-8-22-14/h2-6H,7-8H2,1H3,(H,18,20). The molecular weight excluding hydrogens is 320 g/mol. The molecule has 0 unspecified atom stereocenters. The third-order valence-electron chi connectivity index (χ3n) is 3.85. The van der Waals surface area contributed by atoms with Crippen LogP contribution >= 0.6 is 11.6 Å². The van der Waals surface area contributed by atoms with Crippen LogP contribution in [-0.2, 0) is 6.54 Å². The third-order valence-corrected chi connectivity index (χ3v) is 4.20. The molecule has 1 aliphatic heterocycles. The van der Waals surface area contributed by atoms with Gasteiger partial charge in [0.25, 0.3) is 5.56 Å². The number of nitrogens with zero attached hydrogens (tertiary/aromatic N) is 1. The van der Waals surface area contributed by atoms with Crippen molar-refractivity contribution >= 4 is 22.5 Å². The molecule has 0 bridgehead atoms. The van der Waals surface area contributed by atoms with Gasteiger partial charge in [0.1, 0.15) is 5.75 Å². The molecular formula is C16H13ClN2O4. The van der Waals surface area contributed by atoms with Gasteiger partial charge in [-0.15, -0.1) is 0 Å². The van der Waals surface area contributed by atoms with Gasteiger partial charge in [-0.3, -0.25) is 14.6 Å². The highest BCUT2D eigenvalue weighted by molar-refractivity contribution is 6.31. The van der Waals surface area contributed by atoms with Crippen molar-refractivity contribution in [3.63, 3.8) is 0 Å². The van der Waals surface area contributed by atoms with Crippen LogP contribution in [0.5, 0.6) is 17.2 Å². The summed E-state index contributed by atoms with van der Waals surface area (Å²) in [4.78, 5) is 12.1. The number of halogens is 1. The average molecular weight is 333 g/mol. The zero-order valence-corrected chi connectivity index (χ0v) is 13.0. The lowest BCUT2D eigenvalue weighted by Gasteiger charge is -2.08. The summed E-state index contributed by atoms with van der Waals surface area (Å²) in [6.07, 6.45) is 0. The summed E-state index contributed by atoms with van der Waals surface area (Å²) in [5, 5.41) is 3.95. The fourth-order valence-corrected chi connectivity index (χ4v) is 2.89. The predicted octanol–water partition coefficient (Wildman–Crippen LogP) is 2.77. The number of benzene rings is 2. The summed E-state index contributed by atoms with van der Waals surface area (Å²) in [5.74, 6) is 1.93. The van der Waals surface area contributed by atoms with Crippen molar-refractivity contribution in [2.45, 2.75) is 6.54 Å². The maximum atomic E-state index is 12.1. The van der Waals surface area contributed by atoms with E-state index >= 15 is 0 Å². The number of hydrogen-bond donors (Lipinski definition) is 1. The molecule has 2 heterocycles. The van der Waals surface area contributed by atoms with Crippen LogP contribution in [0.1, 0.15) is 5.56 Å². The molecule has 0 aliphatic carbocycles. The van der Waals surface area contributed by atoms with Gasteiger partial charge in [0.2, 0.25) is 6.79 Å². The van der Waals surface area contributed by atoms with Crippen LogP contribution in [0.4, 0.5) is 0 Å². The Bertz CT molecular complexity index is 961. The fraction of sp³-hybridized carbons (Fsp3) is 0.188. The van der Waals surface area contributed by atoms with Crippen molar-refractivity contribution < 1.29 is 14.2 Å². The van der Waals surface area contributed by atoms with E-state index < -0.39 is 0 Å². The van der Waals surface area contributed by atoms with Crippen molar-refractivity contribution in [1.82, 2.24) is 9.78 Å². The zero-order valence-electron chi connectivity index (χ0n) is 12.3. The van der Waals surface area contributed by atoms with Crippen molar-refractivity contribution in [1.29, 1.82) is 0 Å². The lowest BCUT2D eigenvalue weighted by molar-refractivity contribution is 0.174. The van der Waals surface area contributed by atoms with Gasteiger partial charge >= 0.3 is 0 Å². The smallest absolute Gasteiger partial charge is 0.272 e. The third kappa shape index (κ3) is 2.31. The largest absolute Gasteiger partial charge is 0.497 e. The lowest BCUT2D eigenvalue weighted by atomic mass is 10.2. The van der Waals surface area contributed by atoms with Crippen molar-refractivity contribution in [2.75, 3.05) is 13.9 Å². The highest BCUT2D eigenvalue weighted by Gasteiger charge is 2.17. The number of hydrogen-bond acceptors (Lipinski definition) is 4. The van der Waals surface area contributed by atoms with Crippen LogP contribution in [-0.4, -0.2) is 23.7 Å². The highest BCUT2D eigenvalue weighted by atomic mass is 35.5. The number of aromatic nitrogens is 2. The Morgan fingerprint density at radius 3 is 2.83 bits per heavy atom. The number of rotatable bonds is 3. The average Bonchev–Trinajstić information content (AvgIpc) is 3.12. The number of methoxy groups -OCH3 is 1. The SMILES string of the molecule is COc1ccc2c(c1)c(=O)[nH]n2Cc1cc2c(cc1Cl)OCO2. The van der Waals surface area contributed by atoms with E-state index in [4.69, 9.17) is 25.8 Å². The van der Waals surface area contributed by atoms with Gasteiger partial charge in [-0.2, -0.15) is 0 Å². The molecule has 7 heteroatoms. The minimum absolute atomic E-state index is 0.171. The van der Waals surface area contributed by atoms with Gasteiger partial charge < -0.3 is 14.2 Å². The number of ether oxygens (including phenoxy) is 3. The zero-order chi connectivity index (χ0) is 16.0. The molecule has 0 saturated heterocycles. The van der Waals surface area contributed by atoms with Gasteiger partial charge in [0.15, 0.2) is 11.5 Å². The quantitative estimate of drug-likeness (QED) is 0.801. The van der Waals surface area contributed by atoms with Crippen LogP contribution in [0.3, 0.4) is 0 Å². The van der Waals surface area contributed by atoms with E-state index in [1.165, 1.54) is 0 Å². The van der Waals surface area contributed by atoms with Gasteiger partial charge in [0, 0.05) is 11.1 Å². The molecule has 1 aromatic heterocycles. The van der Waals surface area contributed by atoms with E-state index in [1.54, 1.807) is 23.9 Å². The summed E-state index contributed by atoms with van der Waals surface area (Å²) < 4.78 is 17.6. The minimum Gasteiger partial charge on any atom is -0.497 e. The van der Waals surface area contributed by atoms with Crippen LogP contribution in [0.25, 0.3) is 10.9 Å². The molecule has 0 saturated carbocycles. The maximum absolute atomic E-state index is 12.1. The highest BCUT2D eigenvalue weighted by Crippen LogP contribution is 2.37. The van der Waals surface area contributed by atoms with E-state index in [-0.39, 0.29) is 12.4 Å². The second kappa shape index (κ2) is 5.24. The molecule has 1 aliphatic rings. The molecule has 23 heavy (non-hydrogen) atoms. The Kier molecular flexibility index (Phi) is 3.20. The molecule has 2 aromatic carbocycles. The second-order valence-corrected chi connectivity index (χ2v) is 5.61. The topological polar surface area (TPSA) is 65.5 Å². The lowest BCUT2D eigenvalue weighted by Crippen LogP contribution is -2.07. The van der Waals surface area contributed by atoms with Crippen LogP contribution in [0, 0.1) is 0 Å². The Morgan fingerprint density at radius 1 is 1.26 bits per heavy atom.